The number of carbonyl (C=O) groups excluding carboxylic acids is 3. The highest BCUT2D eigenvalue weighted by molar-refractivity contribution is 5.98. The van der Waals surface area contributed by atoms with Crippen molar-refractivity contribution >= 4 is 17.7 Å². The van der Waals surface area contributed by atoms with Crippen molar-refractivity contribution in [2.45, 2.75) is 26.9 Å². The molecule has 0 radical (unpaired) electrons. The Morgan fingerprint density at radius 2 is 1.80 bits per heavy atom. The van der Waals surface area contributed by atoms with Crippen molar-refractivity contribution < 1.29 is 23.9 Å². The lowest BCUT2D eigenvalue weighted by molar-refractivity contribution is -0.158. The first-order chi connectivity index (χ1) is 6.90. The molecule has 5 heteroatoms. The van der Waals surface area contributed by atoms with Gasteiger partial charge < -0.3 is 9.47 Å². The Labute approximate surface area is 88.0 Å². The molecular weight excluding hydrogens is 200 g/mol. The fraction of sp³-hybridized carbons (Fsp3) is 0.500. The molecule has 0 heterocycles. The first-order valence-corrected chi connectivity index (χ1v) is 4.39. The van der Waals surface area contributed by atoms with Crippen molar-refractivity contribution in [3.05, 3.63) is 12.8 Å². The maximum absolute atomic E-state index is 11.3. The molecule has 0 fully saturated rings. The molecular formula is C10H14O5. The maximum Gasteiger partial charge on any atom is 0.325 e. The van der Waals surface area contributed by atoms with Crippen LogP contribution in [0.5, 0.6) is 0 Å². The first kappa shape index (κ1) is 13.4. The second kappa shape index (κ2) is 5.95. The average Bonchev–Trinajstić information content (AvgIpc) is 2.01. The van der Waals surface area contributed by atoms with E-state index in [4.69, 9.17) is 4.74 Å². The summed E-state index contributed by atoms with van der Waals surface area (Å²) in [6.45, 7) is 7.09. The summed E-state index contributed by atoms with van der Waals surface area (Å²) in [5.74, 6) is -2.85. The number of hydrogen-bond donors (Lipinski definition) is 0. The molecule has 0 N–H and O–H groups in total. The molecule has 0 spiro atoms. The molecule has 0 aromatic rings. The number of ketones is 1. The van der Waals surface area contributed by atoms with Crippen LogP contribution in [-0.4, -0.2) is 23.8 Å². The molecule has 0 aromatic carbocycles. The van der Waals surface area contributed by atoms with Gasteiger partial charge in [0.25, 0.3) is 0 Å². The van der Waals surface area contributed by atoms with Crippen LogP contribution in [-0.2, 0) is 23.9 Å². The van der Waals surface area contributed by atoms with Gasteiger partial charge in [-0.25, -0.2) is 0 Å². The Hall–Kier alpha value is -1.65. The van der Waals surface area contributed by atoms with Gasteiger partial charge in [0.15, 0.2) is 5.92 Å². The highest BCUT2D eigenvalue weighted by atomic mass is 16.6. The normalized spacial score (nSPS) is 13.5. The van der Waals surface area contributed by atoms with Gasteiger partial charge in [-0.15, -0.1) is 0 Å². The van der Waals surface area contributed by atoms with Crippen LogP contribution in [0.3, 0.4) is 0 Å². The molecule has 0 aromatic heterocycles. The second-order valence-corrected chi connectivity index (χ2v) is 3.01. The minimum atomic E-state index is -1.10. The molecule has 5 nitrogen and oxygen atoms in total. The van der Waals surface area contributed by atoms with Crippen molar-refractivity contribution in [1.29, 1.82) is 0 Å². The van der Waals surface area contributed by atoms with Gasteiger partial charge in [0.2, 0.25) is 0 Å². The lowest BCUT2D eigenvalue weighted by Gasteiger charge is -2.18. The Morgan fingerprint density at radius 3 is 2.13 bits per heavy atom. The van der Waals surface area contributed by atoms with E-state index in [2.05, 4.69) is 11.3 Å². The van der Waals surface area contributed by atoms with E-state index in [0.717, 1.165) is 6.26 Å². The molecule has 0 saturated heterocycles. The van der Waals surface area contributed by atoms with Crippen LogP contribution in [0.25, 0.3) is 0 Å². The zero-order valence-corrected chi connectivity index (χ0v) is 8.98. The van der Waals surface area contributed by atoms with Crippen LogP contribution in [0.4, 0.5) is 0 Å². The number of ether oxygens (including phenoxy) is 2. The summed E-state index contributed by atoms with van der Waals surface area (Å²) in [6.07, 6.45) is 0.0890. The Kier molecular flexibility index (Phi) is 5.30. The van der Waals surface area contributed by atoms with Crippen molar-refractivity contribution in [1.82, 2.24) is 0 Å². The Balaban J connectivity index is 4.65. The predicted molar refractivity (Wildman–Crippen MR) is 51.7 cm³/mol. The Morgan fingerprint density at radius 1 is 1.27 bits per heavy atom. The molecule has 15 heavy (non-hydrogen) atoms. The molecule has 2 atom stereocenters. The van der Waals surface area contributed by atoms with E-state index in [0.29, 0.717) is 0 Å². The van der Waals surface area contributed by atoms with Gasteiger partial charge in [-0.3, -0.25) is 14.4 Å². The molecule has 0 aliphatic rings. The summed E-state index contributed by atoms with van der Waals surface area (Å²) >= 11 is 0. The summed E-state index contributed by atoms with van der Waals surface area (Å²) in [5.41, 5.74) is 0. The fourth-order valence-electron chi connectivity index (χ4n) is 1.17. The molecule has 0 aliphatic carbocycles. The third-order valence-corrected chi connectivity index (χ3v) is 1.71. The molecule has 0 amide bonds. The minimum absolute atomic E-state index is 0.421. The largest absolute Gasteiger partial charge is 0.461 e. The molecule has 0 aliphatic heterocycles. The SMILES string of the molecule is C=COC(=O)C(C(C)=O)C(C)OC(C)=O. The van der Waals surface area contributed by atoms with E-state index in [1.165, 1.54) is 20.8 Å². The number of Topliss-reactive ketones (excluding diaryl/α,β-unsaturated/α-hetero) is 1. The smallest absolute Gasteiger partial charge is 0.325 e. The highest BCUT2D eigenvalue weighted by Crippen LogP contribution is 2.12. The third kappa shape index (κ3) is 4.39. The van der Waals surface area contributed by atoms with E-state index in [1.807, 2.05) is 0 Å². The van der Waals surface area contributed by atoms with E-state index in [9.17, 15) is 14.4 Å². The van der Waals surface area contributed by atoms with Crippen LogP contribution < -0.4 is 0 Å². The van der Waals surface area contributed by atoms with E-state index in [-0.39, 0.29) is 0 Å². The lowest BCUT2D eigenvalue weighted by Crippen LogP contribution is -2.35. The summed E-state index contributed by atoms with van der Waals surface area (Å²) in [6, 6.07) is 0. The lowest BCUT2D eigenvalue weighted by atomic mass is 10.00. The van der Waals surface area contributed by atoms with E-state index in [1.54, 1.807) is 0 Å². The van der Waals surface area contributed by atoms with Gasteiger partial charge in [0, 0.05) is 6.92 Å². The van der Waals surface area contributed by atoms with E-state index < -0.39 is 29.7 Å². The topological polar surface area (TPSA) is 69.7 Å². The standard InChI is InChI=1S/C10H14O5/c1-5-14-10(13)9(6(2)11)7(3)15-8(4)12/h5,7,9H,1H2,2-4H3. The quantitative estimate of drug-likeness (QED) is 0.385. The van der Waals surface area contributed by atoms with Crippen LogP contribution in [0, 0.1) is 5.92 Å². The number of rotatable bonds is 5. The van der Waals surface area contributed by atoms with Crippen LogP contribution in [0.15, 0.2) is 12.8 Å². The summed E-state index contributed by atoms with van der Waals surface area (Å²) in [5, 5.41) is 0. The molecule has 0 bridgehead atoms. The van der Waals surface area contributed by atoms with Gasteiger partial charge in [-0.1, -0.05) is 6.58 Å². The number of esters is 2. The number of hydrogen-bond acceptors (Lipinski definition) is 5. The zero-order valence-electron chi connectivity index (χ0n) is 8.98. The molecule has 2 unspecified atom stereocenters. The second-order valence-electron chi connectivity index (χ2n) is 3.01. The highest BCUT2D eigenvalue weighted by Gasteiger charge is 2.32. The summed E-state index contributed by atoms with van der Waals surface area (Å²) in [7, 11) is 0. The Bertz CT molecular complexity index is 282. The molecule has 0 saturated carbocycles. The van der Waals surface area contributed by atoms with Crippen molar-refractivity contribution in [3.8, 4) is 0 Å². The average molecular weight is 214 g/mol. The van der Waals surface area contributed by atoms with Crippen LogP contribution >= 0.6 is 0 Å². The van der Waals surface area contributed by atoms with Crippen molar-refractivity contribution in [3.63, 3.8) is 0 Å². The zero-order chi connectivity index (χ0) is 12.0. The summed E-state index contributed by atoms with van der Waals surface area (Å²) < 4.78 is 9.23. The minimum Gasteiger partial charge on any atom is -0.461 e. The molecule has 0 rings (SSSR count). The molecule has 84 valence electrons. The third-order valence-electron chi connectivity index (χ3n) is 1.71. The van der Waals surface area contributed by atoms with Crippen LogP contribution in [0.1, 0.15) is 20.8 Å². The fourth-order valence-corrected chi connectivity index (χ4v) is 1.17. The van der Waals surface area contributed by atoms with Crippen molar-refractivity contribution in [2.24, 2.45) is 5.92 Å². The maximum atomic E-state index is 11.3. The van der Waals surface area contributed by atoms with Gasteiger partial charge in [0.1, 0.15) is 11.9 Å². The predicted octanol–water partition coefficient (Wildman–Crippen LogP) is 0.830. The van der Waals surface area contributed by atoms with Gasteiger partial charge >= 0.3 is 11.9 Å². The first-order valence-electron chi connectivity index (χ1n) is 4.39. The monoisotopic (exact) mass is 214 g/mol. The van der Waals surface area contributed by atoms with Crippen molar-refractivity contribution in [2.75, 3.05) is 0 Å². The van der Waals surface area contributed by atoms with Gasteiger partial charge in [-0.05, 0) is 13.8 Å². The number of carbonyl (C=O) groups is 3. The van der Waals surface area contributed by atoms with Gasteiger partial charge in [-0.2, -0.15) is 0 Å². The van der Waals surface area contributed by atoms with E-state index >= 15 is 0 Å². The summed E-state index contributed by atoms with van der Waals surface area (Å²) in [4.78, 5) is 33.1. The van der Waals surface area contributed by atoms with Crippen LogP contribution in [0.2, 0.25) is 0 Å². The van der Waals surface area contributed by atoms with Gasteiger partial charge in [0.05, 0.1) is 6.26 Å².